The van der Waals surface area contributed by atoms with Crippen LogP contribution in [0.25, 0.3) is 0 Å². The third kappa shape index (κ3) is 3.98. The maximum absolute atomic E-state index is 11.8. The van der Waals surface area contributed by atoms with Crippen LogP contribution in [0.5, 0.6) is 0 Å². The van der Waals surface area contributed by atoms with Crippen molar-refractivity contribution in [3.8, 4) is 0 Å². The molecule has 0 aromatic heterocycles. The van der Waals surface area contributed by atoms with Crippen molar-refractivity contribution >= 4 is 12.0 Å². The summed E-state index contributed by atoms with van der Waals surface area (Å²) in [6.07, 6.45) is 0.892. The topological polar surface area (TPSA) is 58.6 Å². The third-order valence-electron chi connectivity index (χ3n) is 3.38. The van der Waals surface area contributed by atoms with Crippen LogP contribution in [0.4, 0.5) is 4.79 Å². The van der Waals surface area contributed by atoms with Gasteiger partial charge in [-0.05, 0) is 24.5 Å². The monoisotopic (exact) mass is 276 g/mol. The van der Waals surface area contributed by atoms with Crippen molar-refractivity contribution in [1.29, 1.82) is 0 Å². The molecular formula is C15H20N2O3. The first-order valence-electron chi connectivity index (χ1n) is 6.90. The van der Waals surface area contributed by atoms with Crippen LogP contribution in [-0.4, -0.2) is 43.1 Å². The van der Waals surface area contributed by atoms with E-state index >= 15 is 0 Å². The molecule has 2 amide bonds. The summed E-state index contributed by atoms with van der Waals surface area (Å²) in [5.74, 6) is 0.0169. The number of carbonyl (C=O) groups excluding carboxylic acids is 2. The molecule has 1 heterocycles. The third-order valence-corrected chi connectivity index (χ3v) is 3.38. The number of benzene rings is 1. The first-order valence-corrected chi connectivity index (χ1v) is 6.90. The van der Waals surface area contributed by atoms with E-state index in [-0.39, 0.29) is 12.0 Å². The molecule has 1 saturated heterocycles. The normalized spacial score (nSPS) is 14.2. The molecule has 0 saturated carbocycles. The van der Waals surface area contributed by atoms with Crippen LogP contribution in [0.15, 0.2) is 24.3 Å². The Morgan fingerprint density at radius 2 is 2.20 bits per heavy atom. The summed E-state index contributed by atoms with van der Waals surface area (Å²) in [4.78, 5) is 24.7. The summed E-state index contributed by atoms with van der Waals surface area (Å²) >= 11 is 0. The average Bonchev–Trinajstić information content (AvgIpc) is 2.83. The predicted octanol–water partition coefficient (Wildman–Crippen LogP) is 1.50. The SMILES string of the molecule is Cc1ccccc1CC(=O)NCCCN1CCOC1=O. The molecule has 5 heteroatoms. The van der Waals surface area contributed by atoms with Crippen LogP contribution < -0.4 is 5.32 Å². The van der Waals surface area contributed by atoms with Gasteiger partial charge in [0.1, 0.15) is 6.61 Å². The van der Waals surface area contributed by atoms with Crippen LogP contribution in [0.2, 0.25) is 0 Å². The van der Waals surface area contributed by atoms with Crippen molar-refractivity contribution in [3.63, 3.8) is 0 Å². The molecule has 1 N–H and O–H groups in total. The lowest BCUT2D eigenvalue weighted by atomic mass is 10.1. The molecular weight excluding hydrogens is 256 g/mol. The molecule has 2 rings (SSSR count). The van der Waals surface area contributed by atoms with Gasteiger partial charge in [0.05, 0.1) is 13.0 Å². The van der Waals surface area contributed by atoms with Crippen LogP contribution in [0.3, 0.4) is 0 Å². The second-order valence-corrected chi connectivity index (χ2v) is 4.91. The molecule has 108 valence electrons. The molecule has 20 heavy (non-hydrogen) atoms. The van der Waals surface area contributed by atoms with E-state index < -0.39 is 0 Å². The summed E-state index contributed by atoms with van der Waals surface area (Å²) in [7, 11) is 0. The number of amides is 2. The Kier molecular flexibility index (Phi) is 4.98. The van der Waals surface area contributed by atoms with E-state index in [1.807, 2.05) is 31.2 Å². The van der Waals surface area contributed by atoms with Gasteiger partial charge in [-0.2, -0.15) is 0 Å². The van der Waals surface area contributed by atoms with E-state index in [0.717, 1.165) is 17.5 Å². The van der Waals surface area contributed by atoms with Gasteiger partial charge in [0.15, 0.2) is 0 Å². The smallest absolute Gasteiger partial charge is 0.409 e. The minimum absolute atomic E-state index is 0.0169. The van der Waals surface area contributed by atoms with Crippen LogP contribution in [0, 0.1) is 6.92 Å². The fourth-order valence-corrected chi connectivity index (χ4v) is 2.17. The average molecular weight is 276 g/mol. The van der Waals surface area contributed by atoms with E-state index in [1.54, 1.807) is 4.90 Å². The summed E-state index contributed by atoms with van der Waals surface area (Å²) in [5, 5.41) is 2.88. The van der Waals surface area contributed by atoms with Crippen molar-refractivity contribution in [1.82, 2.24) is 10.2 Å². The maximum atomic E-state index is 11.8. The fraction of sp³-hybridized carbons (Fsp3) is 0.467. The van der Waals surface area contributed by atoms with E-state index in [4.69, 9.17) is 4.74 Å². The van der Waals surface area contributed by atoms with Crippen molar-refractivity contribution in [2.24, 2.45) is 0 Å². The molecule has 0 bridgehead atoms. The predicted molar refractivity (Wildman–Crippen MR) is 75.4 cm³/mol. The quantitative estimate of drug-likeness (QED) is 0.801. The second-order valence-electron chi connectivity index (χ2n) is 4.91. The van der Waals surface area contributed by atoms with Gasteiger partial charge >= 0.3 is 6.09 Å². The van der Waals surface area contributed by atoms with Crippen LogP contribution in [0.1, 0.15) is 17.5 Å². The first-order chi connectivity index (χ1) is 9.66. The number of cyclic esters (lactones) is 1. The summed E-state index contributed by atoms with van der Waals surface area (Å²) in [6.45, 7) is 4.33. The van der Waals surface area contributed by atoms with Gasteiger partial charge in [-0.3, -0.25) is 4.79 Å². The van der Waals surface area contributed by atoms with E-state index in [9.17, 15) is 9.59 Å². The number of carbonyl (C=O) groups is 2. The van der Waals surface area contributed by atoms with Gasteiger partial charge in [0, 0.05) is 13.1 Å². The van der Waals surface area contributed by atoms with E-state index in [1.165, 1.54) is 0 Å². The number of hydrogen-bond donors (Lipinski definition) is 1. The number of rotatable bonds is 6. The Bertz CT molecular complexity index is 488. The van der Waals surface area contributed by atoms with Crippen LogP contribution >= 0.6 is 0 Å². The Labute approximate surface area is 118 Å². The van der Waals surface area contributed by atoms with Crippen molar-refractivity contribution in [3.05, 3.63) is 35.4 Å². The number of nitrogens with one attached hydrogen (secondary N) is 1. The summed E-state index contributed by atoms with van der Waals surface area (Å²) in [5.41, 5.74) is 2.18. The molecule has 0 aliphatic carbocycles. The molecule has 1 fully saturated rings. The molecule has 1 aliphatic rings. The zero-order valence-corrected chi connectivity index (χ0v) is 11.7. The molecule has 5 nitrogen and oxygen atoms in total. The van der Waals surface area contributed by atoms with Gasteiger partial charge in [0.2, 0.25) is 5.91 Å². The zero-order chi connectivity index (χ0) is 14.4. The summed E-state index contributed by atoms with van der Waals surface area (Å²) in [6, 6.07) is 7.87. The highest BCUT2D eigenvalue weighted by Gasteiger charge is 2.20. The number of hydrogen-bond acceptors (Lipinski definition) is 3. The minimum atomic E-state index is -0.253. The Hall–Kier alpha value is -2.04. The maximum Gasteiger partial charge on any atom is 0.409 e. The van der Waals surface area contributed by atoms with E-state index in [0.29, 0.717) is 32.7 Å². The Balaban J connectivity index is 1.65. The molecule has 1 aromatic rings. The lowest BCUT2D eigenvalue weighted by Crippen LogP contribution is -2.31. The highest BCUT2D eigenvalue weighted by Crippen LogP contribution is 2.07. The zero-order valence-electron chi connectivity index (χ0n) is 11.7. The van der Waals surface area contributed by atoms with Gasteiger partial charge in [-0.1, -0.05) is 24.3 Å². The van der Waals surface area contributed by atoms with E-state index in [2.05, 4.69) is 5.32 Å². The molecule has 1 aliphatic heterocycles. The largest absolute Gasteiger partial charge is 0.448 e. The Morgan fingerprint density at radius 3 is 2.90 bits per heavy atom. The highest BCUT2D eigenvalue weighted by atomic mass is 16.6. The van der Waals surface area contributed by atoms with Crippen molar-refractivity contribution in [2.75, 3.05) is 26.2 Å². The molecule has 0 atom stereocenters. The number of nitrogens with zero attached hydrogens (tertiary/aromatic N) is 1. The Morgan fingerprint density at radius 1 is 1.40 bits per heavy atom. The van der Waals surface area contributed by atoms with Gasteiger partial charge in [-0.25, -0.2) is 4.79 Å². The van der Waals surface area contributed by atoms with Crippen molar-refractivity contribution in [2.45, 2.75) is 19.8 Å². The fourth-order valence-electron chi connectivity index (χ4n) is 2.17. The molecule has 0 unspecified atom stereocenters. The highest BCUT2D eigenvalue weighted by molar-refractivity contribution is 5.78. The lowest BCUT2D eigenvalue weighted by Gasteiger charge is -2.12. The first kappa shape index (κ1) is 14.4. The van der Waals surface area contributed by atoms with Crippen molar-refractivity contribution < 1.29 is 14.3 Å². The lowest BCUT2D eigenvalue weighted by molar-refractivity contribution is -0.120. The minimum Gasteiger partial charge on any atom is -0.448 e. The molecule has 0 spiro atoms. The van der Waals surface area contributed by atoms with Gasteiger partial charge < -0.3 is 15.0 Å². The van der Waals surface area contributed by atoms with Crippen LogP contribution in [-0.2, 0) is 16.0 Å². The second kappa shape index (κ2) is 6.93. The van der Waals surface area contributed by atoms with Gasteiger partial charge in [0.25, 0.3) is 0 Å². The molecule has 1 aromatic carbocycles. The van der Waals surface area contributed by atoms with Gasteiger partial charge in [-0.15, -0.1) is 0 Å². The molecule has 0 radical (unpaired) electrons. The summed E-state index contributed by atoms with van der Waals surface area (Å²) < 4.78 is 4.84. The number of ether oxygens (including phenoxy) is 1. The number of aryl methyl sites for hydroxylation is 1. The standard InChI is InChI=1S/C15H20N2O3/c1-12-5-2-3-6-13(12)11-14(18)16-7-4-8-17-9-10-20-15(17)19/h2-3,5-6H,4,7-11H2,1H3,(H,16,18).